The number of ether oxygens (including phenoxy) is 1. The molecule has 6 heteroatoms. The molecule has 4 atom stereocenters. The topological polar surface area (TPSA) is 46.4 Å². The molecule has 3 fully saturated rings. The van der Waals surface area contributed by atoms with Crippen LogP contribution in [0.15, 0.2) is 12.7 Å². The lowest BCUT2D eigenvalue weighted by Crippen LogP contribution is -2.52. The molecule has 0 N–H and O–H groups in total. The van der Waals surface area contributed by atoms with Crippen molar-refractivity contribution in [2.45, 2.75) is 63.8 Å². The maximum Gasteiger partial charge on any atom is 0.137 e. The highest BCUT2D eigenvalue weighted by Gasteiger charge is 2.45. The maximum atomic E-state index is 5.60. The van der Waals surface area contributed by atoms with Gasteiger partial charge in [0.25, 0.3) is 0 Å². The van der Waals surface area contributed by atoms with Gasteiger partial charge in [0.15, 0.2) is 0 Å². The minimum atomic E-state index is 0.589. The second-order valence-electron chi connectivity index (χ2n) is 7.68. The van der Waals surface area contributed by atoms with E-state index in [-0.39, 0.29) is 0 Å². The van der Waals surface area contributed by atoms with Gasteiger partial charge in [0, 0.05) is 43.9 Å². The van der Waals surface area contributed by atoms with Crippen LogP contribution in [-0.2, 0) is 11.3 Å². The number of hydrogen-bond donors (Lipinski definition) is 0. The molecule has 0 aliphatic carbocycles. The summed E-state index contributed by atoms with van der Waals surface area (Å²) in [7, 11) is 0. The van der Waals surface area contributed by atoms with E-state index in [9.17, 15) is 0 Å². The van der Waals surface area contributed by atoms with Crippen molar-refractivity contribution in [3.05, 3.63) is 12.7 Å². The highest BCUT2D eigenvalue weighted by molar-refractivity contribution is 5.00. The number of likely N-dealkylation sites (tertiary alicyclic amines) is 2. The van der Waals surface area contributed by atoms with Gasteiger partial charge in [-0.1, -0.05) is 0 Å². The van der Waals surface area contributed by atoms with Crippen LogP contribution in [0.5, 0.6) is 0 Å². The van der Waals surface area contributed by atoms with Crippen LogP contribution in [0, 0.1) is 5.92 Å². The average Bonchev–Trinajstić information content (AvgIpc) is 3.27. The second-order valence-corrected chi connectivity index (χ2v) is 7.68. The predicted octanol–water partition coefficient (Wildman–Crippen LogP) is 1.24. The van der Waals surface area contributed by atoms with Crippen LogP contribution >= 0.6 is 0 Å². The molecule has 0 bridgehead atoms. The van der Waals surface area contributed by atoms with Crippen LogP contribution in [0.3, 0.4) is 0 Å². The molecule has 3 saturated heterocycles. The fraction of sp³-hybridized carbons (Fsp3) is 0.882. The van der Waals surface area contributed by atoms with Crippen LogP contribution in [0.1, 0.15) is 33.1 Å². The van der Waals surface area contributed by atoms with Gasteiger partial charge in [-0.25, -0.2) is 4.98 Å². The number of nitrogens with zero attached hydrogens (tertiary/aromatic N) is 5. The van der Waals surface area contributed by atoms with E-state index in [0.29, 0.717) is 18.1 Å². The summed E-state index contributed by atoms with van der Waals surface area (Å²) in [6.45, 7) is 10.0. The molecular weight excluding hydrogens is 290 g/mol. The lowest BCUT2D eigenvalue weighted by molar-refractivity contribution is 0.0518. The van der Waals surface area contributed by atoms with Crippen molar-refractivity contribution < 1.29 is 4.74 Å². The van der Waals surface area contributed by atoms with Crippen molar-refractivity contribution in [2.24, 2.45) is 5.92 Å². The monoisotopic (exact) mass is 319 g/mol. The van der Waals surface area contributed by atoms with Crippen LogP contribution in [0.2, 0.25) is 0 Å². The Morgan fingerprint density at radius 2 is 2.22 bits per heavy atom. The SMILES string of the molecule is CC(C)N1[C@H](Cn2cncn2)C[C@@H]2CN([C@@H]3CCOC3)CC[C@@H]21. The van der Waals surface area contributed by atoms with E-state index >= 15 is 0 Å². The summed E-state index contributed by atoms with van der Waals surface area (Å²) < 4.78 is 7.60. The fourth-order valence-electron chi connectivity index (χ4n) is 5.07. The number of hydrogen-bond acceptors (Lipinski definition) is 5. The summed E-state index contributed by atoms with van der Waals surface area (Å²) in [5, 5.41) is 4.32. The molecule has 0 unspecified atom stereocenters. The second kappa shape index (κ2) is 6.49. The summed E-state index contributed by atoms with van der Waals surface area (Å²) in [4.78, 5) is 9.56. The molecule has 3 aliphatic rings. The Morgan fingerprint density at radius 1 is 1.30 bits per heavy atom. The third-order valence-corrected chi connectivity index (χ3v) is 5.99. The van der Waals surface area contributed by atoms with E-state index in [4.69, 9.17) is 4.74 Å². The zero-order chi connectivity index (χ0) is 15.8. The Hall–Kier alpha value is -0.980. The quantitative estimate of drug-likeness (QED) is 0.836. The van der Waals surface area contributed by atoms with Gasteiger partial charge < -0.3 is 4.74 Å². The van der Waals surface area contributed by atoms with Crippen molar-refractivity contribution in [1.82, 2.24) is 24.6 Å². The van der Waals surface area contributed by atoms with Crippen molar-refractivity contribution >= 4 is 0 Å². The summed E-state index contributed by atoms with van der Waals surface area (Å²) >= 11 is 0. The van der Waals surface area contributed by atoms with Crippen molar-refractivity contribution in [1.29, 1.82) is 0 Å². The van der Waals surface area contributed by atoms with Gasteiger partial charge in [-0.3, -0.25) is 14.5 Å². The van der Waals surface area contributed by atoms with Gasteiger partial charge in [-0.2, -0.15) is 5.10 Å². The van der Waals surface area contributed by atoms with Crippen molar-refractivity contribution in [3.8, 4) is 0 Å². The summed E-state index contributed by atoms with van der Waals surface area (Å²) in [5.41, 5.74) is 0. The Kier molecular flexibility index (Phi) is 4.39. The van der Waals surface area contributed by atoms with Crippen LogP contribution < -0.4 is 0 Å². The molecule has 0 spiro atoms. The number of rotatable bonds is 4. The predicted molar refractivity (Wildman–Crippen MR) is 88.1 cm³/mol. The lowest BCUT2D eigenvalue weighted by Gasteiger charge is -2.42. The first-order valence-electron chi connectivity index (χ1n) is 9.14. The van der Waals surface area contributed by atoms with Gasteiger partial charge in [0.2, 0.25) is 0 Å². The number of piperidine rings is 1. The van der Waals surface area contributed by atoms with E-state index in [2.05, 4.69) is 33.7 Å². The Balaban J connectivity index is 1.46. The van der Waals surface area contributed by atoms with Crippen LogP contribution in [-0.4, -0.2) is 75.0 Å². The maximum absolute atomic E-state index is 5.60. The average molecular weight is 319 g/mol. The first-order chi connectivity index (χ1) is 11.2. The molecule has 4 rings (SSSR count). The molecule has 0 radical (unpaired) electrons. The van der Waals surface area contributed by atoms with E-state index in [1.54, 1.807) is 6.33 Å². The Bertz CT molecular complexity index is 499. The standard InChI is InChI=1S/C17H29N5O/c1-13(2)22-16(9-21-12-18-11-19-21)7-14-8-20(5-3-17(14)22)15-4-6-23-10-15/h11-17H,3-10H2,1-2H3/t14-,15-,16+,17+/m1/s1. The molecule has 4 heterocycles. The first kappa shape index (κ1) is 15.5. The smallest absolute Gasteiger partial charge is 0.137 e. The highest BCUT2D eigenvalue weighted by atomic mass is 16.5. The molecule has 0 saturated carbocycles. The largest absolute Gasteiger partial charge is 0.380 e. The normalized spacial score (nSPS) is 36.0. The summed E-state index contributed by atoms with van der Waals surface area (Å²) in [6, 6.07) is 2.59. The molecular formula is C17H29N5O. The van der Waals surface area contributed by atoms with Gasteiger partial charge in [0.05, 0.1) is 13.2 Å². The summed E-state index contributed by atoms with van der Waals surface area (Å²) in [6.07, 6.45) is 7.29. The Labute approximate surface area is 138 Å². The minimum Gasteiger partial charge on any atom is -0.380 e. The number of fused-ring (bicyclic) bond motifs is 1. The van der Waals surface area contributed by atoms with E-state index in [1.165, 1.54) is 32.4 Å². The third-order valence-electron chi connectivity index (χ3n) is 5.99. The molecule has 0 aromatic carbocycles. The van der Waals surface area contributed by atoms with E-state index < -0.39 is 0 Å². The zero-order valence-electron chi connectivity index (χ0n) is 14.3. The molecule has 1 aromatic heterocycles. The Morgan fingerprint density at radius 3 is 2.91 bits per heavy atom. The van der Waals surface area contributed by atoms with Crippen molar-refractivity contribution in [2.75, 3.05) is 26.3 Å². The third kappa shape index (κ3) is 3.04. The van der Waals surface area contributed by atoms with Crippen LogP contribution in [0.4, 0.5) is 0 Å². The van der Waals surface area contributed by atoms with Crippen molar-refractivity contribution in [3.63, 3.8) is 0 Å². The summed E-state index contributed by atoms with van der Waals surface area (Å²) in [5.74, 6) is 0.792. The van der Waals surface area contributed by atoms with Gasteiger partial charge >= 0.3 is 0 Å². The number of aromatic nitrogens is 3. The van der Waals surface area contributed by atoms with Gasteiger partial charge in [-0.15, -0.1) is 0 Å². The lowest BCUT2D eigenvalue weighted by atomic mass is 9.91. The van der Waals surface area contributed by atoms with E-state index in [1.807, 2.05) is 11.0 Å². The molecule has 3 aliphatic heterocycles. The molecule has 6 nitrogen and oxygen atoms in total. The highest BCUT2D eigenvalue weighted by Crippen LogP contribution is 2.38. The van der Waals surface area contributed by atoms with Gasteiger partial charge in [0.1, 0.15) is 12.7 Å². The fourth-order valence-corrected chi connectivity index (χ4v) is 5.07. The van der Waals surface area contributed by atoms with Gasteiger partial charge in [-0.05, 0) is 39.0 Å². The molecule has 1 aromatic rings. The van der Waals surface area contributed by atoms with Crippen LogP contribution in [0.25, 0.3) is 0 Å². The molecule has 23 heavy (non-hydrogen) atoms. The minimum absolute atomic E-state index is 0.589. The van der Waals surface area contributed by atoms with E-state index in [0.717, 1.165) is 31.7 Å². The first-order valence-corrected chi connectivity index (χ1v) is 9.14. The molecule has 128 valence electrons. The molecule has 0 amide bonds. The zero-order valence-corrected chi connectivity index (χ0v) is 14.3.